The van der Waals surface area contributed by atoms with Crippen LogP contribution in [-0.2, 0) is 17.8 Å². The summed E-state index contributed by atoms with van der Waals surface area (Å²) < 4.78 is 11.1. The minimum absolute atomic E-state index is 0.401. The highest BCUT2D eigenvalue weighted by atomic mass is 16.5. The molecule has 0 saturated heterocycles. The molecule has 0 spiro atoms. The van der Waals surface area contributed by atoms with Gasteiger partial charge in [-0.15, -0.1) is 0 Å². The summed E-state index contributed by atoms with van der Waals surface area (Å²) in [5, 5.41) is 3.12. The first-order valence-corrected chi connectivity index (χ1v) is 6.58. The SMILES string of the molecule is CCN(Cc1cc(C)c(CNC)o1)C(C)COC. The van der Waals surface area contributed by atoms with E-state index in [4.69, 9.17) is 9.15 Å². The van der Waals surface area contributed by atoms with E-state index < -0.39 is 0 Å². The summed E-state index contributed by atoms with van der Waals surface area (Å²) >= 11 is 0. The second kappa shape index (κ2) is 7.56. The quantitative estimate of drug-likeness (QED) is 0.771. The molecule has 104 valence electrons. The van der Waals surface area contributed by atoms with Crippen LogP contribution in [0.25, 0.3) is 0 Å². The third kappa shape index (κ3) is 4.12. The van der Waals surface area contributed by atoms with E-state index in [0.29, 0.717) is 6.04 Å². The molecule has 0 aromatic carbocycles. The van der Waals surface area contributed by atoms with Crippen LogP contribution in [0.5, 0.6) is 0 Å². The number of likely N-dealkylation sites (N-methyl/N-ethyl adjacent to an activating group) is 1. The zero-order valence-corrected chi connectivity index (χ0v) is 12.2. The van der Waals surface area contributed by atoms with Crippen molar-refractivity contribution in [2.75, 3.05) is 27.3 Å². The monoisotopic (exact) mass is 254 g/mol. The fourth-order valence-electron chi connectivity index (χ4n) is 2.13. The Balaban J connectivity index is 2.66. The molecule has 0 bridgehead atoms. The lowest BCUT2D eigenvalue weighted by molar-refractivity contribution is 0.0933. The van der Waals surface area contributed by atoms with Crippen LogP contribution >= 0.6 is 0 Å². The molecule has 1 aromatic rings. The Hall–Kier alpha value is -0.840. The second-order valence-corrected chi connectivity index (χ2v) is 4.72. The highest BCUT2D eigenvalue weighted by Crippen LogP contribution is 2.17. The predicted molar refractivity (Wildman–Crippen MR) is 73.6 cm³/mol. The Morgan fingerprint density at radius 1 is 1.50 bits per heavy atom. The fourth-order valence-corrected chi connectivity index (χ4v) is 2.13. The van der Waals surface area contributed by atoms with Crippen molar-refractivity contribution in [3.05, 3.63) is 23.2 Å². The fraction of sp³-hybridized carbons (Fsp3) is 0.714. The van der Waals surface area contributed by atoms with Gasteiger partial charge in [-0.05, 0) is 39.1 Å². The molecule has 18 heavy (non-hydrogen) atoms. The zero-order valence-electron chi connectivity index (χ0n) is 12.2. The minimum Gasteiger partial charge on any atom is -0.463 e. The van der Waals surface area contributed by atoms with E-state index in [1.54, 1.807) is 7.11 Å². The molecule has 4 nitrogen and oxygen atoms in total. The highest BCUT2D eigenvalue weighted by molar-refractivity contribution is 5.20. The van der Waals surface area contributed by atoms with Gasteiger partial charge in [0.1, 0.15) is 11.5 Å². The summed E-state index contributed by atoms with van der Waals surface area (Å²) in [5.41, 5.74) is 1.22. The highest BCUT2D eigenvalue weighted by Gasteiger charge is 2.15. The summed E-state index contributed by atoms with van der Waals surface area (Å²) in [6.07, 6.45) is 0. The summed E-state index contributed by atoms with van der Waals surface area (Å²) in [6.45, 7) is 9.79. The predicted octanol–water partition coefficient (Wildman–Crippen LogP) is 2.16. The van der Waals surface area contributed by atoms with Gasteiger partial charge in [-0.2, -0.15) is 0 Å². The average Bonchev–Trinajstić information content (AvgIpc) is 2.68. The third-order valence-corrected chi connectivity index (χ3v) is 3.21. The number of hydrogen-bond donors (Lipinski definition) is 1. The Morgan fingerprint density at radius 3 is 2.78 bits per heavy atom. The van der Waals surface area contributed by atoms with Crippen molar-refractivity contribution in [1.82, 2.24) is 10.2 Å². The smallest absolute Gasteiger partial charge is 0.120 e. The van der Waals surface area contributed by atoms with Gasteiger partial charge in [-0.3, -0.25) is 4.90 Å². The van der Waals surface area contributed by atoms with Crippen molar-refractivity contribution < 1.29 is 9.15 Å². The maximum absolute atomic E-state index is 5.87. The molecule has 1 unspecified atom stereocenters. The van der Waals surface area contributed by atoms with Crippen molar-refractivity contribution in [3.63, 3.8) is 0 Å². The van der Waals surface area contributed by atoms with Gasteiger partial charge in [0, 0.05) is 13.2 Å². The third-order valence-electron chi connectivity index (χ3n) is 3.21. The van der Waals surface area contributed by atoms with Gasteiger partial charge >= 0.3 is 0 Å². The van der Waals surface area contributed by atoms with Crippen molar-refractivity contribution in [3.8, 4) is 0 Å². The normalized spacial score (nSPS) is 13.2. The summed E-state index contributed by atoms with van der Waals surface area (Å²) in [5.74, 6) is 2.06. The molecule has 1 atom stereocenters. The van der Waals surface area contributed by atoms with Gasteiger partial charge in [0.05, 0.1) is 19.7 Å². The van der Waals surface area contributed by atoms with Gasteiger partial charge in [0.15, 0.2) is 0 Å². The first-order chi connectivity index (χ1) is 8.62. The van der Waals surface area contributed by atoms with Crippen LogP contribution in [-0.4, -0.2) is 38.3 Å². The van der Waals surface area contributed by atoms with E-state index in [0.717, 1.165) is 37.8 Å². The van der Waals surface area contributed by atoms with Gasteiger partial charge in [0.25, 0.3) is 0 Å². The van der Waals surface area contributed by atoms with E-state index in [1.807, 2.05) is 7.05 Å². The van der Waals surface area contributed by atoms with Crippen molar-refractivity contribution >= 4 is 0 Å². The van der Waals surface area contributed by atoms with Gasteiger partial charge in [-0.25, -0.2) is 0 Å². The van der Waals surface area contributed by atoms with Crippen LogP contribution in [0.2, 0.25) is 0 Å². The number of nitrogens with zero attached hydrogens (tertiary/aromatic N) is 1. The molecule has 0 radical (unpaired) electrons. The van der Waals surface area contributed by atoms with Crippen LogP contribution in [0.4, 0.5) is 0 Å². The number of ether oxygens (including phenoxy) is 1. The number of aryl methyl sites for hydroxylation is 1. The molecule has 0 aliphatic heterocycles. The lowest BCUT2D eigenvalue weighted by Gasteiger charge is -2.26. The lowest BCUT2D eigenvalue weighted by atomic mass is 10.2. The van der Waals surface area contributed by atoms with E-state index in [1.165, 1.54) is 5.56 Å². The summed E-state index contributed by atoms with van der Waals surface area (Å²) in [6, 6.07) is 2.53. The molecule has 1 aromatic heterocycles. The summed E-state index contributed by atoms with van der Waals surface area (Å²) in [4.78, 5) is 2.35. The van der Waals surface area contributed by atoms with E-state index in [2.05, 4.69) is 37.1 Å². The Bertz CT molecular complexity index is 350. The van der Waals surface area contributed by atoms with Gasteiger partial charge in [-0.1, -0.05) is 6.92 Å². The molecule has 0 aliphatic rings. The van der Waals surface area contributed by atoms with Crippen molar-refractivity contribution in [2.45, 2.75) is 39.9 Å². The molecule has 0 saturated carbocycles. The molecule has 0 fully saturated rings. The van der Waals surface area contributed by atoms with Crippen molar-refractivity contribution in [2.24, 2.45) is 0 Å². The molecule has 1 heterocycles. The van der Waals surface area contributed by atoms with Gasteiger partial charge < -0.3 is 14.5 Å². The number of methoxy groups -OCH3 is 1. The van der Waals surface area contributed by atoms with Crippen LogP contribution in [0.3, 0.4) is 0 Å². The maximum Gasteiger partial charge on any atom is 0.120 e. The number of furan rings is 1. The van der Waals surface area contributed by atoms with Crippen LogP contribution in [0.1, 0.15) is 30.9 Å². The number of hydrogen-bond acceptors (Lipinski definition) is 4. The Labute approximate surface area is 110 Å². The van der Waals surface area contributed by atoms with E-state index >= 15 is 0 Å². The minimum atomic E-state index is 0.401. The molecule has 1 rings (SSSR count). The molecule has 4 heteroatoms. The molecular weight excluding hydrogens is 228 g/mol. The zero-order chi connectivity index (χ0) is 13.5. The van der Waals surface area contributed by atoms with E-state index in [-0.39, 0.29) is 0 Å². The maximum atomic E-state index is 5.87. The van der Waals surface area contributed by atoms with Crippen LogP contribution in [0, 0.1) is 6.92 Å². The molecule has 1 N–H and O–H groups in total. The van der Waals surface area contributed by atoms with E-state index in [9.17, 15) is 0 Å². The largest absolute Gasteiger partial charge is 0.463 e. The molecule has 0 aliphatic carbocycles. The van der Waals surface area contributed by atoms with Crippen LogP contribution < -0.4 is 5.32 Å². The van der Waals surface area contributed by atoms with Gasteiger partial charge in [0.2, 0.25) is 0 Å². The Kier molecular flexibility index (Phi) is 6.39. The first kappa shape index (κ1) is 15.2. The van der Waals surface area contributed by atoms with Crippen LogP contribution in [0.15, 0.2) is 10.5 Å². The number of nitrogens with one attached hydrogen (secondary N) is 1. The Morgan fingerprint density at radius 2 is 2.22 bits per heavy atom. The standard InChI is InChI=1S/C14H26N2O2/c1-6-16(12(3)10-17-5)9-13-7-11(2)14(18-13)8-15-4/h7,12,15H,6,8-10H2,1-5H3. The topological polar surface area (TPSA) is 37.6 Å². The summed E-state index contributed by atoms with van der Waals surface area (Å²) in [7, 11) is 3.67. The molecular formula is C14H26N2O2. The number of rotatable bonds is 8. The first-order valence-electron chi connectivity index (χ1n) is 6.58. The van der Waals surface area contributed by atoms with Crippen molar-refractivity contribution in [1.29, 1.82) is 0 Å². The molecule has 0 amide bonds. The lowest BCUT2D eigenvalue weighted by Crippen LogP contribution is -2.35. The second-order valence-electron chi connectivity index (χ2n) is 4.72. The average molecular weight is 254 g/mol.